The molecule has 0 saturated heterocycles. The Bertz CT molecular complexity index is 457. The molecule has 0 spiro atoms. The second-order valence-corrected chi connectivity index (χ2v) is 5.38. The first kappa shape index (κ1) is 11.0. The zero-order valence-electron chi connectivity index (χ0n) is 7.87. The molecular formula is C13H8BrI. The number of rotatable bonds is 0. The second-order valence-electron chi connectivity index (χ2n) is 3.22. The zero-order chi connectivity index (χ0) is 10.7. The minimum Gasteiger partial charge on any atom is -0.0861 e. The van der Waals surface area contributed by atoms with E-state index in [0.29, 0.717) is 0 Å². The average Bonchev–Trinajstić information content (AvgIpc) is 2.65. The number of hydrogen-bond acceptors (Lipinski definition) is 0. The molecule has 0 atom stereocenters. The maximum atomic E-state index is 3.47. The van der Waals surface area contributed by atoms with Crippen LogP contribution in [0.25, 0.3) is 0 Å². The van der Waals surface area contributed by atoms with Crippen molar-refractivity contribution in [2.24, 2.45) is 5.92 Å². The lowest BCUT2D eigenvalue weighted by Crippen LogP contribution is -1.83. The van der Waals surface area contributed by atoms with E-state index >= 15 is 0 Å². The van der Waals surface area contributed by atoms with Crippen LogP contribution in [-0.2, 0) is 0 Å². The summed E-state index contributed by atoms with van der Waals surface area (Å²) in [6.07, 6.45) is 8.25. The van der Waals surface area contributed by atoms with Gasteiger partial charge in [-0.05, 0) is 40.8 Å². The van der Waals surface area contributed by atoms with Crippen molar-refractivity contribution in [1.82, 2.24) is 0 Å². The lowest BCUT2D eigenvalue weighted by atomic mass is 10.1. The van der Waals surface area contributed by atoms with Gasteiger partial charge in [0.1, 0.15) is 0 Å². The van der Waals surface area contributed by atoms with Gasteiger partial charge in [-0.2, -0.15) is 0 Å². The fourth-order valence-electron chi connectivity index (χ4n) is 1.32. The number of halogens is 2. The molecular weight excluding hydrogens is 363 g/mol. The Morgan fingerprint density at radius 3 is 2.53 bits per heavy atom. The van der Waals surface area contributed by atoms with Gasteiger partial charge in [0.2, 0.25) is 0 Å². The Kier molecular flexibility index (Phi) is 3.66. The van der Waals surface area contributed by atoms with Gasteiger partial charge in [-0.1, -0.05) is 52.1 Å². The SMILES string of the molecule is Brc1cc(I)cc(C#CC2C=CC=C2)c1. The average molecular weight is 371 g/mol. The standard InChI is InChI=1S/C13H8BrI/c14-12-7-11(8-13(15)9-12)6-5-10-3-1-2-4-10/h1-4,7-10H. The Morgan fingerprint density at radius 2 is 1.87 bits per heavy atom. The van der Waals surface area contributed by atoms with Crippen molar-refractivity contribution in [3.8, 4) is 11.8 Å². The highest BCUT2D eigenvalue weighted by Gasteiger charge is 1.98. The molecule has 0 saturated carbocycles. The van der Waals surface area contributed by atoms with Crippen molar-refractivity contribution in [2.75, 3.05) is 0 Å². The summed E-state index contributed by atoms with van der Waals surface area (Å²) in [5.41, 5.74) is 1.06. The van der Waals surface area contributed by atoms with Crippen LogP contribution >= 0.6 is 38.5 Å². The normalized spacial score (nSPS) is 14.0. The van der Waals surface area contributed by atoms with E-state index in [9.17, 15) is 0 Å². The molecule has 0 aromatic heterocycles. The maximum absolute atomic E-state index is 3.47. The zero-order valence-corrected chi connectivity index (χ0v) is 11.6. The Morgan fingerprint density at radius 1 is 1.13 bits per heavy atom. The molecule has 0 amide bonds. The van der Waals surface area contributed by atoms with Gasteiger partial charge in [-0.25, -0.2) is 0 Å². The monoisotopic (exact) mass is 370 g/mol. The van der Waals surface area contributed by atoms with E-state index in [1.807, 2.05) is 18.2 Å². The molecule has 2 rings (SSSR count). The van der Waals surface area contributed by atoms with Crippen molar-refractivity contribution in [3.63, 3.8) is 0 Å². The van der Waals surface area contributed by atoms with Crippen LogP contribution in [0.1, 0.15) is 5.56 Å². The largest absolute Gasteiger partial charge is 0.0861 e. The van der Waals surface area contributed by atoms with Gasteiger partial charge < -0.3 is 0 Å². The third-order valence-electron chi connectivity index (χ3n) is 1.99. The molecule has 0 radical (unpaired) electrons. The van der Waals surface area contributed by atoms with Gasteiger partial charge in [0.05, 0.1) is 5.92 Å². The van der Waals surface area contributed by atoms with Crippen molar-refractivity contribution in [2.45, 2.75) is 0 Å². The van der Waals surface area contributed by atoms with Crippen molar-refractivity contribution >= 4 is 38.5 Å². The van der Waals surface area contributed by atoms with Gasteiger partial charge in [-0.3, -0.25) is 0 Å². The van der Waals surface area contributed by atoms with Gasteiger partial charge in [-0.15, -0.1) is 0 Å². The summed E-state index contributed by atoms with van der Waals surface area (Å²) in [5, 5.41) is 0. The predicted octanol–water partition coefficient (Wildman–Crippen LogP) is 4.15. The van der Waals surface area contributed by atoms with Crippen LogP contribution < -0.4 is 0 Å². The van der Waals surface area contributed by atoms with Crippen LogP contribution in [-0.4, -0.2) is 0 Å². The molecule has 2 heteroatoms. The summed E-state index contributed by atoms with van der Waals surface area (Å²) < 4.78 is 2.28. The molecule has 0 bridgehead atoms. The third kappa shape index (κ3) is 3.22. The minimum absolute atomic E-state index is 0.279. The van der Waals surface area contributed by atoms with Crippen molar-refractivity contribution in [3.05, 3.63) is 56.1 Å². The first-order valence-electron chi connectivity index (χ1n) is 4.57. The Labute approximate surface area is 112 Å². The van der Waals surface area contributed by atoms with Gasteiger partial charge in [0.15, 0.2) is 0 Å². The van der Waals surface area contributed by atoms with E-state index in [1.165, 1.54) is 3.57 Å². The summed E-state index contributed by atoms with van der Waals surface area (Å²) in [5.74, 6) is 6.66. The van der Waals surface area contributed by atoms with E-state index in [4.69, 9.17) is 0 Å². The highest BCUT2D eigenvalue weighted by Crippen LogP contribution is 2.17. The number of hydrogen-bond donors (Lipinski definition) is 0. The molecule has 0 N–H and O–H groups in total. The van der Waals surface area contributed by atoms with E-state index in [1.54, 1.807) is 0 Å². The number of benzene rings is 1. The van der Waals surface area contributed by atoms with Crippen LogP contribution in [0.2, 0.25) is 0 Å². The molecule has 0 unspecified atom stereocenters. The highest BCUT2D eigenvalue weighted by atomic mass is 127. The molecule has 1 aromatic rings. The van der Waals surface area contributed by atoms with Crippen LogP contribution in [0.5, 0.6) is 0 Å². The van der Waals surface area contributed by atoms with Crippen LogP contribution in [0.4, 0.5) is 0 Å². The smallest absolute Gasteiger partial charge is 0.0573 e. The maximum Gasteiger partial charge on any atom is 0.0573 e. The van der Waals surface area contributed by atoms with Crippen LogP contribution in [0.3, 0.4) is 0 Å². The summed E-state index contributed by atoms with van der Waals surface area (Å²) >= 11 is 5.76. The predicted molar refractivity (Wildman–Crippen MR) is 75.5 cm³/mol. The van der Waals surface area contributed by atoms with Crippen LogP contribution in [0.15, 0.2) is 47.0 Å². The molecule has 1 aliphatic rings. The lowest BCUT2D eigenvalue weighted by molar-refractivity contribution is 1.15. The first-order chi connectivity index (χ1) is 7.24. The van der Waals surface area contributed by atoms with E-state index in [2.05, 4.69) is 74.6 Å². The van der Waals surface area contributed by atoms with Crippen LogP contribution in [0, 0.1) is 21.3 Å². The van der Waals surface area contributed by atoms with Gasteiger partial charge >= 0.3 is 0 Å². The fourth-order valence-corrected chi connectivity index (χ4v) is 2.91. The summed E-state index contributed by atoms with van der Waals surface area (Å²) in [7, 11) is 0. The van der Waals surface area contributed by atoms with Gasteiger partial charge in [0.25, 0.3) is 0 Å². The second kappa shape index (κ2) is 5.00. The molecule has 0 heterocycles. The highest BCUT2D eigenvalue weighted by molar-refractivity contribution is 14.1. The number of allylic oxidation sites excluding steroid dienone is 4. The molecule has 74 valence electrons. The molecule has 0 nitrogen and oxygen atoms in total. The summed E-state index contributed by atoms with van der Waals surface area (Å²) in [4.78, 5) is 0. The third-order valence-corrected chi connectivity index (χ3v) is 3.07. The van der Waals surface area contributed by atoms with Crippen molar-refractivity contribution in [1.29, 1.82) is 0 Å². The molecule has 0 fully saturated rings. The van der Waals surface area contributed by atoms with E-state index in [0.717, 1.165) is 10.0 Å². The molecule has 0 aliphatic heterocycles. The Hall–Kier alpha value is -0.530. The summed E-state index contributed by atoms with van der Waals surface area (Å²) in [6.45, 7) is 0. The topological polar surface area (TPSA) is 0 Å². The molecule has 1 aliphatic carbocycles. The lowest BCUT2D eigenvalue weighted by Gasteiger charge is -1.96. The van der Waals surface area contributed by atoms with Crippen molar-refractivity contribution < 1.29 is 0 Å². The fraction of sp³-hybridized carbons (Fsp3) is 0.0769. The molecule has 1 aromatic carbocycles. The quantitative estimate of drug-likeness (QED) is 0.475. The van der Waals surface area contributed by atoms with E-state index in [-0.39, 0.29) is 5.92 Å². The Balaban J connectivity index is 2.23. The summed E-state index contributed by atoms with van der Waals surface area (Å²) in [6, 6.07) is 6.19. The van der Waals surface area contributed by atoms with Gasteiger partial charge in [0, 0.05) is 13.6 Å². The molecule has 15 heavy (non-hydrogen) atoms. The first-order valence-corrected chi connectivity index (χ1v) is 6.44. The van der Waals surface area contributed by atoms with E-state index < -0.39 is 0 Å². The minimum atomic E-state index is 0.279.